The van der Waals surface area contributed by atoms with Gasteiger partial charge in [0.1, 0.15) is 10.8 Å². The van der Waals surface area contributed by atoms with Crippen molar-refractivity contribution < 1.29 is 14.0 Å². The van der Waals surface area contributed by atoms with Gasteiger partial charge in [0.15, 0.2) is 5.22 Å². The zero-order chi connectivity index (χ0) is 20.4. The normalized spacial score (nSPS) is 32.6. The van der Waals surface area contributed by atoms with E-state index >= 15 is 0 Å². The van der Waals surface area contributed by atoms with E-state index in [-0.39, 0.29) is 42.0 Å². The van der Waals surface area contributed by atoms with Crippen molar-refractivity contribution in [1.29, 1.82) is 0 Å². The average Bonchev–Trinajstić information content (AvgIpc) is 3.41. The highest BCUT2D eigenvalue weighted by molar-refractivity contribution is 7.09. The molecular weight excluding hydrogens is 414 g/mol. The van der Waals surface area contributed by atoms with Gasteiger partial charge in [-0.1, -0.05) is 0 Å². The number of carbonyl (C=O) groups excluding carboxylic acids is 2. The van der Waals surface area contributed by atoms with Crippen molar-refractivity contribution >= 4 is 34.9 Å². The number of urea groups is 1. The maximum Gasteiger partial charge on any atom is 0.326 e. The van der Waals surface area contributed by atoms with Gasteiger partial charge in [0, 0.05) is 38.3 Å². The van der Waals surface area contributed by atoms with E-state index in [9.17, 15) is 9.59 Å². The first-order chi connectivity index (χ1) is 13.9. The minimum atomic E-state index is -0.383. The highest BCUT2D eigenvalue weighted by Gasteiger charge is 2.62. The van der Waals surface area contributed by atoms with E-state index in [1.54, 1.807) is 36.4 Å². The molecule has 0 saturated carbocycles. The summed E-state index contributed by atoms with van der Waals surface area (Å²) in [6.07, 6.45) is 0. The van der Waals surface area contributed by atoms with Gasteiger partial charge < -0.3 is 14.6 Å². The Balaban J connectivity index is 1.65. The van der Waals surface area contributed by atoms with Crippen LogP contribution in [0.2, 0.25) is 5.22 Å². The fraction of sp³-hybridized carbons (Fsp3) is 0.526. The quantitative estimate of drug-likeness (QED) is 0.779. The summed E-state index contributed by atoms with van der Waals surface area (Å²) in [5.74, 6) is 0.180. The van der Waals surface area contributed by atoms with Gasteiger partial charge in [0.2, 0.25) is 5.91 Å². The third kappa shape index (κ3) is 2.75. The summed E-state index contributed by atoms with van der Waals surface area (Å²) in [6.45, 7) is 3.45. The van der Waals surface area contributed by atoms with E-state index in [1.807, 2.05) is 18.4 Å². The fourth-order valence-electron chi connectivity index (χ4n) is 5.13. The lowest BCUT2D eigenvalue weighted by molar-refractivity contribution is -0.137. The van der Waals surface area contributed by atoms with Crippen molar-refractivity contribution in [1.82, 2.24) is 25.0 Å². The molecule has 5 rings (SSSR count). The van der Waals surface area contributed by atoms with E-state index in [1.165, 1.54) is 4.90 Å². The van der Waals surface area contributed by atoms with Gasteiger partial charge in [-0.05, 0) is 30.7 Å². The summed E-state index contributed by atoms with van der Waals surface area (Å²) in [6, 6.07) is 2.52. The summed E-state index contributed by atoms with van der Waals surface area (Å²) in [7, 11) is 3.33. The first-order valence-corrected chi connectivity index (χ1v) is 10.8. The Labute approximate surface area is 177 Å². The molecule has 1 N–H and O–H groups in total. The molecule has 154 valence electrons. The molecule has 3 aliphatic rings. The molecule has 0 spiro atoms. The van der Waals surface area contributed by atoms with Gasteiger partial charge in [0.05, 0.1) is 30.1 Å². The number of amides is 3. The topological polar surface area (TPSA) is 81.9 Å². The van der Waals surface area contributed by atoms with Crippen LogP contribution in [0.1, 0.15) is 28.5 Å². The molecule has 3 saturated heterocycles. The summed E-state index contributed by atoms with van der Waals surface area (Å²) in [5, 5.41) is 6.77. The molecule has 0 radical (unpaired) electrons. The first kappa shape index (κ1) is 19.0. The molecule has 2 aromatic heterocycles. The molecule has 0 bridgehead atoms. The van der Waals surface area contributed by atoms with E-state index in [2.05, 4.69) is 10.2 Å². The lowest BCUT2D eigenvalue weighted by Crippen LogP contribution is -2.63. The minimum Gasteiger partial charge on any atom is -0.448 e. The molecular formula is C19H22ClN5O3S. The summed E-state index contributed by atoms with van der Waals surface area (Å²) >= 11 is 7.61. The van der Waals surface area contributed by atoms with Crippen LogP contribution in [0, 0.1) is 12.8 Å². The third-order valence-corrected chi connectivity index (χ3v) is 7.55. The number of aryl methyl sites for hydroxylation is 1. The van der Waals surface area contributed by atoms with E-state index in [4.69, 9.17) is 21.0 Å². The monoisotopic (exact) mass is 435 g/mol. The lowest BCUT2D eigenvalue weighted by Gasteiger charge is -2.44. The number of imide groups is 1. The molecule has 8 nitrogen and oxygen atoms in total. The number of halogens is 1. The Morgan fingerprint density at radius 3 is 2.72 bits per heavy atom. The molecule has 0 aromatic carbocycles. The number of hydrogen-bond donors (Lipinski definition) is 1. The van der Waals surface area contributed by atoms with Crippen LogP contribution in [0.4, 0.5) is 4.79 Å². The summed E-state index contributed by atoms with van der Waals surface area (Å²) < 4.78 is 5.73. The van der Waals surface area contributed by atoms with Crippen LogP contribution in [-0.2, 0) is 4.79 Å². The van der Waals surface area contributed by atoms with Crippen LogP contribution in [0.15, 0.2) is 21.9 Å². The number of fused-ring (bicyclic) bond motifs is 3. The Hall–Kier alpha value is -1.94. The fourth-order valence-corrected chi connectivity index (χ4v) is 6.25. The van der Waals surface area contributed by atoms with Gasteiger partial charge in [-0.25, -0.2) is 9.78 Å². The van der Waals surface area contributed by atoms with Crippen molar-refractivity contribution in [2.24, 2.45) is 5.92 Å². The number of thiazole rings is 1. The van der Waals surface area contributed by atoms with Crippen LogP contribution in [0.5, 0.6) is 0 Å². The second-order valence-corrected chi connectivity index (χ2v) is 9.14. The maximum atomic E-state index is 13.3. The van der Waals surface area contributed by atoms with Crippen molar-refractivity contribution in [3.05, 3.63) is 39.2 Å². The van der Waals surface area contributed by atoms with Crippen LogP contribution in [0.3, 0.4) is 0 Å². The van der Waals surface area contributed by atoms with Gasteiger partial charge in [-0.3, -0.25) is 14.6 Å². The van der Waals surface area contributed by atoms with Crippen molar-refractivity contribution in [3.8, 4) is 0 Å². The number of nitrogens with one attached hydrogen (secondary N) is 1. The zero-order valence-corrected chi connectivity index (χ0v) is 17.9. The van der Waals surface area contributed by atoms with Crippen molar-refractivity contribution in [2.45, 2.75) is 31.1 Å². The standard InChI is InChI=1S/C19H22ClN5O3S/c1-9-8-29-17(22-9)15-12-14(23(2)19(27)24(3)18(12)26)16-13(21-6-7-25(15)16)10-4-5-11(20)28-10/h4-5,8,12-16,21H,6-7H2,1-3H3. The van der Waals surface area contributed by atoms with E-state index in [0.29, 0.717) is 11.0 Å². The predicted molar refractivity (Wildman–Crippen MR) is 108 cm³/mol. The molecule has 5 unspecified atom stereocenters. The first-order valence-electron chi connectivity index (χ1n) is 9.59. The molecule has 5 heterocycles. The Bertz CT molecular complexity index is 977. The maximum absolute atomic E-state index is 13.3. The van der Waals surface area contributed by atoms with Crippen LogP contribution in [-0.4, -0.2) is 70.9 Å². The van der Waals surface area contributed by atoms with Gasteiger partial charge in [0.25, 0.3) is 0 Å². The summed E-state index contributed by atoms with van der Waals surface area (Å²) in [4.78, 5) is 36.1. The predicted octanol–water partition coefficient (Wildman–Crippen LogP) is 2.28. The molecule has 29 heavy (non-hydrogen) atoms. The lowest BCUT2D eigenvalue weighted by atomic mass is 9.86. The molecule has 3 aliphatic heterocycles. The SMILES string of the molecule is Cc1csc(C2C3C(=O)N(C)C(=O)N(C)C3C3C(c4ccc(Cl)o4)NCCN23)n1. The smallest absolute Gasteiger partial charge is 0.326 e. The third-order valence-electron chi connectivity index (χ3n) is 6.32. The highest BCUT2D eigenvalue weighted by atomic mass is 35.5. The zero-order valence-electron chi connectivity index (χ0n) is 16.3. The minimum absolute atomic E-state index is 0.128. The van der Waals surface area contributed by atoms with Crippen molar-refractivity contribution in [3.63, 3.8) is 0 Å². The number of nitrogens with zero attached hydrogens (tertiary/aromatic N) is 4. The Morgan fingerprint density at radius 2 is 2.07 bits per heavy atom. The number of hydrogen-bond acceptors (Lipinski definition) is 7. The highest BCUT2D eigenvalue weighted by Crippen LogP contribution is 2.50. The Morgan fingerprint density at radius 1 is 1.28 bits per heavy atom. The largest absolute Gasteiger partial charge is 0.448 e. The van der Waals surface area contributed by atoms with Crippen LogP contribution in [0.25, 0.3) is 0 Å². The molecule has 3 amide bonds. The second kappa shape index (κ2) is 6.80. The molecule has 5 atom stereocenters. The number of furan rings is 1. The number of likely N-dealkylation sites (N-methyl/N-ethyl adjacent to an activating group) is 1. The van der Waals surface area contributed by atoms with Gasteiger partial charge in [-0.2, -0.15) is 0 Å². The Kier molecular flexibility index (Phi) is 4.47. The van der Waals surface area contributed by atoms with Gasteiger partial charge in [-0.15, -0.1) is 11.3 Å². The molecule has 10 heteroatoms. The molecule has 0 aliphatic carbocycles. The average molecular weight is 436 g/mol. The number of carbonyl (C=O) groups is 2. The van der Waals surface area contributed by atoms with Crippen LogP contribution >= 0.6 is 22.9 Å². The number of piperazine rings is 1. The van der Waals surface area contributed by atoms with Gasteiger partial charge >= 0.3 is 6.03 Å². The second-order valence-electron chi connectivity index (χ2n) is 7.88. The number of aromatic nitrogens is 1. The number of rotatable bonds is 2. The summed E-state index contributed by atoms with van der Waals surface area (Å²) in [5.41, 5.74) is 0.940. The molecule has 3 fully saturated rings. The van der Waals surface area contributed by atoms with E-state index < -0.39 is 0 Å². The van der Waals surface area contributed by atoms with E-state index in [0.717, 1.165) is 23.8 Å². The van der Waals surface area contributed by atoms with Crippen molar-refractivity contribution in [2.75, 3.05) is 27.2 Å². The molecule has 2 aromatic rings. The van der Waals surface area contributed by atoms with Crippen LogP contribution < -0.4 is 5.32 Å².